The Bertz CT molecular complexity index is 979. The van der Waals surface area contributed by atoms with Gasteiger partial charge in [-0.3, -0.25) is 0 Å². The molecule has 0 fully saturated rings. The van der Waals surface area contributed by atoms with Gasteiger partial charge in [-0.25, -0.2) is 9.97 Å². The number of ether oxygens (including phenoxy) is 1. The van der Waals surface area contributed by atoms with Crippen molar-refractivity contribution in [2.75, 3.05) is 12.3 Å². The van der Waals surface area contributed by atoms with Crippen LogP contribution in [0.3, 0.4) is 0 Å². The van der Waals surface area contributed by atoms with Crippen molar-refractivity contribution >= 4 is 21.7 Å². The number of fused-ring (bicyclic) bond motifs is 3. The Morgan fingerprint density at radius 1 is 1.19 bits per heavy atom. The lowest BCUT2D eigenvalue weighted by Gasteiger charge is -2.09. The van der Waals surface area contributed by atoms with E-state index in [1.165, 1.54) is 6.20 Å². The highest BCUT2D eigenvalue weighted by Crippen LogP contribution is 2.36. The van der Waals surface area contributed by atoms with Crippen molar-refractivity contribution in [1.82, 2.24) is 19.1 Å². The largest absolute Gasteiger partial charge is 0.491 e. The summed E-state index contributed by atoms with van der Waals surface area (Å²) in [4.78, 5) is 8.55. The first-order valence-corrected chi connectivity index (χ1v) is 8.49. The molecule has 3 aromatic rings. The van der Waals surface area contributed by atoms with Crippen LogP contribution >= 0.6 is 15.9 Å². The maximum Gasteiger partial charge on any atom is 0.406 e. The molecule has 0 radical (unpaired) electrons. The minimum Gasteiger partial charge on any atom is -0.491 e. The van der Waals surface area contributed by atoms with Crippen LogP contribution in [0.1, 0.15) is 0 Å². The molecule has 0 amide bonds. The number of anilines is 1. The number of nitrogen functional groups attached to an aromatic ring is 1. The summed E-state index contributed by atoms with van der Waals surface area (Å²) in [7, 11) is 0. The zero-order valence-electron chi connectivity index (χ0n) is 13.3. The highest BCUT2D eigenvalue weighted by molar-refractivity contribution is 9.10. The maximum absolute atomic E-state index is 12.8. The molecule has 1 aliphatic rings. The van der Waals surface area contributed by atoms with Crippen LogP contribution in [0.4, 0.5) is 19.0 Å². The first kappa shape index (κ1) is 17.0. The number of imidazole rings is 2. The van der Waals surface area contributed by atoms with Crippen LogP contribution in [0.25, 0.3) is 22.9 Å². The van der Waals surface area contributed by atoms with E-state index in [4.69, 9.17) is 10.5 Å². The highest BCUT2D eigenvalue weighted by Gasteiger charge is 2.30. The fourth-order valence-electron chi connectivity index (χ4n) is 2.92. The third kappa shape index (κ3) is 3.16. The van der Waals surface area contributed by atoms with E-state index in [0.717, 1.165) is 14.6 Å². The van der Waals surface area contributed by atoms with Gasteiger partial charge in [0, 0.05) is 16.9 Å². The van der Waals surface area contributed by atoms with Crippen LogP contribution < -0.4 is 10.5 Å². The lowest BCUT2D eigenvalue weighted by Crippen LogP contribution is -2.17. The monoisotopic (exact) mass is 427 g/mol. The molecule has 1 aromatic carbocycles. The van der Waals surface area contributed by atoms with Gasteiger partial charge in [0.2, 0.25) is 0 Å². The van der Waals surface area contributed by atoms with E-state index < -0.39 is 12.7 Å². The maximum atomic E-state index is 12.8. The number of benzene rings is 1. The van der Waals surface area contributed by atoms with Crippen LogP contribution in [-0.2, 0) is 13.1 Å². The van der Waals surface area contributed by atoms with Crippen LogP contribution in [-0.4, -0.2) is 31.9 Å². The summed E-state index contributed by atoms with van der Waals surface area (Å²) >= 11 is 3.42. The van der Waals surface area contributed by atoms with Gasteiger partial charge in [-0.2, -0.15) is 13.2 Å². The number of aromatic nitrogens is 4. The van der Waals surface area contributed by atoms with Gasteiger partial charge >= 0.3 is 6.18 Å². The molecule has 0 bridgehead atoms. The molecule has 4 rings (SSSR count). The molecule has 0 atom stereocenters. The van der Waals surface area contributed by atoms with Crippen molar-refractivity contribution in [3.8, 4) is 28.7 Å². The Morgan fingerprint density at radius 2 is 2.00 bits per heavy atom. The molecular formula is C16H13BrF3N5O. The lowest BCUT2D eigenvalue weighted by atomic mass is 10.2. The van der Waals surface area contributed by atoms with Gasteiger partial charge in [0.25, 0.3) is 0 Å². The molecule has 1 aliphatic heterocycles. The van der Waals surface area contributed by atoms with Gasteiger partial charge in [-0.15, -0.1) is 0 Å². The van der Waals surface area contributed by atoms with Crippen LogP contribution in [0.5, 0.6) is 5.75 Å². The Morgan fingerprint density at radius 3 is 2.77 bits per heavy atom. The smallest absolute Gasteiger partial charge is 0.406 e. The molecular weight excluding hydrogens is 415 g/mol. The molecule has 0 saturated heterocycles. The second-order valence-electron chi connectivity index (χ2n) is 5.86. The molecule has 2 N–H and O–H groups in total. The van der Waals surface area contributed by atoms with E-state index >= 15 is 0 Å². The van der Waals surface area contributed by atoms with E-state index in [1.807, 2.05) is 22.8 Å². The van der Waals surface area contributed by atoms with Crippen LogP contribution in [0.15, 0.2) is 35.1 Å². The summed E-state index contributed by atoms with van der Waals surface area (Å²) in [6, 6.07) is 5.54. The molecule has 0 spiro atoms. The molecule has 2 aromatic heterocycles. The van der Waals surface area contributed by atoms with Crippen LogP contribution in [0.2, 0.25) is 0 Å². The standard InChI is InChI=1S/C16H13BrF3N5O/c17-9-1-2-12-10(5-9)14-22-11(6-24(14)3-4-26-12)15-23-13(21)7-25(15)8-16(18,19)20/h1-2,5-7H,3-4,8,21H2. The summed E-state index contributed by atoms with van der Waals surface area (Å²) in [6.45, 7) is -0.235. The van der Waals surface area contributed by atoms with E-state index in [2.05, 4.69) is 25.9 Å². The molecule has 0 unspecified atom stereocenters. The van der Waals surface area contributed by atoms with Gasteiger partial charge in [0.15, 0.2) is 5.82 Å². The first-order chi connectivity index (χ1) is 12.3. The predicted molar refractivity (Wildman–Crippen MR) is 92.5 cm³/mol. The molecule has 0 aliphatic carbocycles. The van der Waals surface area contributed by atoms with E-state index in [1.54, 1.807) is 6.20 Å². The van der Waals surface area contributed by atoms with E-state index in [0.29, 0.717) is 30.4 Å². The summed E-state index contributed by atoms with van der Waals surface area (Å²) in [6.07, 6.45) is -1.55. The van der Waals surface area contributed by atoms with Crippen LogP contribution in [0, 0.1) is 0 Å². The summed E-state index contributed by atoms with van der Waals surface area (Å²) in [5, 5.41) is 0. The van der Waals surface area contributed by atoms with Crippen molar-refractivity contribution in [3.05, 3.63) is 35.1 Å². The second-order valence-corrected chi connectivity index (χ2v) is 6.78. The average Bonchev–Trinajstić information content (AvgIpc) is 3.06. The quantitative estimate of drug-likeness (QED) is 0.676. The van der Waals surface area contributed by atoms with Crippen molar-refractivity contribution in [2.24, 2.45) is 0 Å². The first-order valence-electron chi connectivity index (χ1n) is 7.70. The van der Waals surface area contributed by atoms with Gasteiger partial charge in [-0.05, 0) is 18.2 Å². The van der Waals surface area contributed by atoms with Gasteiger partial charge in [0.05, 0.1) is 12.1 Å². The predicted octanol–water partition coefficient (Wildman–Crippen LogP) is 3.71. The molecule has 6 nitrogen and oxygen atoms in total. The SMILES string of the molecule is Nc1cn(CC(F)(F)F)c(-c2cn3c(n2)-c2cc(Br)ccc2OCC3)n1. The molecule has 10 heteroatoms. The summed E-state index contributed by atoms with van der Waals surface area (Å²) in [5.41, 5.74) is 6.70. The lowest BCUT2D eigenvalue weighted by molar-refractivity contribution is -0.140. The second kappa shape index (κ2) is 6.04. The number of nitrogens with two attached hydrogens (primary N) is 1. The molecule has 0 saturated carbocycles. The van der Waals surface area contributed by atoms with Crippen molar-refractivity contribution in [1.29, 1.82) is 0 Å². The number of rotatable bonds is 2. The normalized spacial score (nSPS) is 13.7. The summed E-state index contributed by atoms with van der Waals surface area (Å²) in [5.74, 6) is 1.37. The molecule has 3 heterocycles. The van der Waals surface area contributed by atoms with Crippen molar-refractivity contribution < 1.29 is 17.9 Å². The molecule has 136 valence electrons. The Hall–Kier alpha value is -2.49. The fourth-order valence-corrected chi connectivity index (χ4v) is 3.28. The van der Waals surface area contributed by atoms with Crippen molar-refractivity contribution in [2.45, 2.75) is 19.3 Å². The molecule has 26 heavy (non-hydrogen) atoms. The van der Waals surface area contributed by atoms with E-state index in [-0.39, 0.29) is 11.6 Å². The summed E-state index contributed by atoms with van der Waals surface area (Å²) < 4.78 is 47.9. The third-order valence-electron chi connectivity index (χ3n) is 3.92. The topological polar surface area (TPSA) is 70.9 Å². The number of hydrogen-bond acceptors (Lipinski definition) is 4. The Kier molecular flexibility index (Phi) is 3.94. The number of nitrogens with zero attached hydrogens (tertiary/aromatic N) is 4. The number of halogens is 4. The number of alkyl halides is 3. The van der Waals surface area contributed by atoms with Gasteiger partial charge in [-0.1, -0.05) is 15.9 Å². The number of hydrogen-bond donors (Lipinski definition) is 1. The zero-order chi connectivity index (χ0) is 18.5. The van der Waals surface area contributed by atoms with Crippen molar-refractivity contribution in [3.63, 3.8) is 0 Å². The zero-order valence-corrected chi connectivity index (χ0v) is 14.9. The Labute approximate surface area is 154 Å². The fraction of sp³-hybridized carbons (Fsp3) is 0.250. The Balaban J connectivity index is 1.82. The third-order valence-corrected chi connectivity index (χ3v) is 4.42. The van der Waals surface area contributed by atoms with E-state index in [9.17, 15) is 13.2 Å². The minimum atomic E-state index is -4.38. The highest BCUT2D eigenvalue weighted by atomic mass is 79.9. The average molecular weight is 428 g/mol. The minimum absolute atomic E-state index is 0.0129. The van der Waals surface area contributed by atoms with Gasteiger partial charge < -0.3 is 19.6 Å². The van der Waals surface area contributed by atoms with Gasteiger partial charge in [0.1, 0.15) is 36.2 Å².